The molecule has 0 radical (unpaired) electrons. The minimum absolute atomic E-state index is 0.0583. The van der Waals surface area contributed by atoms with Crippen LogP contribution in [0.15, 0.2) is 66.7 Å². The fourth-order valence-electron chi connectivity index (χ4n) is 3.83. The van der Waals surface area contributed by atoms with E-state index in [1.807, 2.05) is 38.2 Å². The van der Waals surface area contributed by atoms with E-state index in [0.717, 1.165) is 11.6 Å². The summed E-state index contributed by atoms with van der Waals surface area (Å²) in [6, 6.07) is 14.0. The summed E-state index contributed by atoms with van der Waals surface area (Å²) in [5.74, 6) is -2.16. The second-order valence-corrected chi connectivity index (χ2v) is 10.3. The zero-order valence-corrected chi connectivity index (χ0v) is 22.9. The SMILES string of the molecule is CC(C)(C)c1ccc(N(Cc2ccc(C(=O)NCC(=N)NC(=O)O)cc2)C(=O)Nc2cc(F)cc(C(F)(F)F)c2)cc1. The van der Waals surface area contributed by atoms with Gasteiger partial charge in [0.2, 0.25) is 0 Å². The summed E-state index contributed by atoms with van der Waals surface area (Å²) in [5.41, 5.74) is 0.344. The van der Waals surface area contributed by atoms with Crippen molar-refractivity contribution in [3.05, 3.63) is 94.8 Å². The number of hydrogen-bond acceptors (Lipinski definition) is 4. The van der Waals surface area contributed by atoms with Crippen LogP contribution in [0, 0.1) is 11.2 Å². The molecule has 0 spiro atoms. The van der Waals surface area contributed by atoms with Gasteiger partial charge in [0.1, 0.15) is 11.7 Å². The van der Waals surface area contributed by atoms with Crippen molar-refractivity contribution in [2.24, 2.45) is 0 Å². The third-order valence-corrected chi connectivity index (χ3v) is 6.01. The molecule has 0 bridgehead atoms. The highest BCUT2D eigenvalue weighted by Crippen LogP contribution is 2.32. The van der Waals surface area contributed by atoms with Crippen LogP contribution in [0.25, 0.3) is 0 Å². The summed E-state index contributed by atoms with van der Waals surface area (Å²) in [6.45, 7) is 5.63. The van der Waals surface area contributed by atoms with E-state index >= 15 is 0 Å². The minimum atomic E-state index is -4.81. The van der Waals surface area contributed by atoms with Crippen LogP contribution in [0.4, 0.5) is 38.5 Å². The largest absolute Gasteiger partial charge is 0.465 e. The first-order valence-electron chi connectivity index (χ1n) is 12.5. The molecule has 9 nitrogen and oxygen atoms in total. The van der Waals surface area contributed by atoms with Gasteiger partial charge in [-0.05, 0) is 59.0 Å². The number of nitrogens with zero attached hydrogens (tertiary/aromatic N) is 1. The summed E-state index contributed by atoms with van der Waals surface area (Å²) in [4.78, 5) is 37.6. The summed E-state index contributed by atoms with van der Waals surface area (Å²) < 4.78 is 53.6. The van der Waals surface area contributed by atoms with Crippen molar-refractivity contribution in [1.82, 2.24) is 10.6 Å². The molecule has 0 aliphatic heterocycles. The Balaban J connectivity index is 1.85. The van der Waals surface area contributed by atoms with Crippen LogP contribution in [-0.4, -0.2) is 35.5 Å². The molecule has 0 atom stereocenters. The summed E-state index contributed by atoms with van der Waals surface area (Å²) >= 11 is 0. The molecular weight excluding hydrogens is 558 g/mol. The number of amidine groups is 1. The Kier molecular flexibility index (Phi) is 9.56. The number of halogens is 4. The van der Waals surface area contributed by atoms with Gasteiger partial charge in [0, 0.05) is 16.9 Å². The van der Waals surface area contributed by atoms with Crippen molar-refractivity contribution in [3.8, 4) is 0 Å². The normalized spacial score (nSPS) is 11.4. The number of carboxylic acid groups (broad SMARTS) is 1. The van der Waals surface area contributed by atoms with Gasteiger partial charge in [-0.25, -0.2) is 14.0 Å². The average Bonchev–Trinajstić information content (AvgIpc) is 2.89. The Bertz CT molecular complexity index is 1470. The molecule has 0 aromatic heterocycles. The Morgan fingerprint density at radius 1 is 0.905 bits per heavy atom. The average molecular weight is 588 g/mol. The molecule has 0 fully saturated rings. The number of amides is 4. The van der Waals surface area contributed by atoms with Crippen molar-refractivity contribution in [2.75, 3.05) is 16.8 Å². The van der Waals surface area contributed by atoms with Crippen LogP contribution >= 0.6 is 0 Å². The van der Waals surface area contributed by atoms with Gasteiger partial charge >= 0.3 is 18.3 Å². The molecule has 4 amide bonds. The molecule has 42 heavy (non-hydrogen) atoms. The number of anilines is 2. The van der Waals surface area contributed by atoms with Crippen LogP contribution in [-0.2, 0) is 18.1 Å². The maximum Gasteiger partial charge on any atom is 0.416 e. The molecule has 0 saturated carbocycles. The zero-order valence-electron chi connectivity index (χ0n) is 22.9. The first-order valence-corrected chi connectivity index (χ1v) is 12.5. The highest BCUT2D eigenvalue weighted by Gasteiger charge is 2.32. The number of urea groups is 1. The molecule has 0 unspecified atom stereocenters. The molecule has 0 heterocycles. The molecule has 13 heteroatoms. The quantitative estimate of drug-likeness (QED) is 0.125. The minimum Gasteiger partial charge on any atom is -0.465 e. The van der Waals surface area contributed by atoms with E-state index in [0.29, 0.717) is 23.4 Å². The van der Waals surface area contributed by atoms with Crippen molar-refractivity contribution in [2.45, 2.75) is 38.9 Å². The van der Waals surface area contributed by atoms with Gasteiger partial charge in [0.15, 0.2) is 0 Å². The van der Waals surface area contributed by atoms with Gasteiger partial charge in [0.05, 0.1) is 18.7 Å². The monoisotopic (exact) mass is 587 g/mol. The summed E-state index contributed by atoms with van der Waals surface area (Å²) in [5, 5.41) is 22.6. The topological polar surface area (TPSA) is 135 Å². The first kappa shape index (κ1) is 31.6. The molecule has 0 aliphatic rings. The molecule has 3 aromatic carbocycles. The molecule has 0 saturated heterocycles. The molecule has 5 N–H and O–H groups in total. The lowest BCUT2D eigenvalue weighted by Gasteiger charge is -2.25. The number of rotatable bonds is 7. The highest BCUT2D eigenvalue weighted by molar-refractivity contribution is 6.02. The summed E-state index contributed by atoms with van der Waals surface area (Å²) in [6.07, 6.45) is -6.25. The van der Waals surface area contributed by atoms with Crippen LogP contribution in [0.1, 0.15) is 47.8 Å². The third kappa shape index (κ3) is 8.78. The van der Waals surface area contributed by atoms with E-state index in [1.165, 1.54) is 17.0 Å². The maximum absolute atomic E-state index is 14.0. The van der Waals surface area contributed by atoms with Crippen LogP contribution in [0.3, 0.4) is 0 Å². The van der Waals surface area contributed by atoms with Crippen LogP contribution in [0.5, 0.6) is 0 Å². The lowest BCUT2D eigenvalue weighted by Crippen LogP contribution is -2.38. The van der Waals surface area contributed by atoms with Gasteiger partial charge in [0.25, 0.3) is 5.91 Å². The number of nitrogens with one attached hydrogen (secondary N) is 4. The number of hydrogen-bond donors (Lipinski definition) is 5. The number of benzene rings is 3. The van der Waals surface area contributed by atoms with Gasteiger partial charge in [-0.1, -0.05) is 45.0 Å². The molecule has 3 aromatic rings. The summed E-state index contributed by atoms with van der Waals surface area (Å²) in [7, 11) is 0. The fourth-order valence-corrected chi connectivity index (χ4v) is 3.83. The van der Waals surface area contributed by atoms with Gasteiger partial charge in [-0.3, -0.25) is 20.4 Å². The zero-order chi connectivity index (χ0) is 31.2. The molecular formula is C29H29F4N5O4. The van der Waals surface area contributed by atoms with Crippen molar-refractivity contribution >= 4 is 35.2 Å². The molecule has 222 valence electrons. The van der Waals surface area contributed by atoms with Crippen molar-refractivity contribution in [3.63, 3.8) is 0 Å². The molecule has 3 rings (SSSR count). The number of carbonyl (C=O) groups is 3. The second-order valence-electron chi connectivity index (χ2n) is 10.3. The van der Waals surface area contributed by atoms with E-state index < -0.39 is 41.4 Å². The van der Waals surface area contributed by atoms with Crippen molar-refractivity contribution < 1.29 is 37.1 Å². The van der Waals surface area contributed by atoms with E-state index in [-0.39, 0.29) is 29.8 Å². The van der Waals surface area contributed by atoms with E-state index in [2.05, 4.69) is 10.6 Å². The highest BCUT2D eigenvalue weighted by atomic mass is 19.4. The van der Waals surface area contributed by atoms with E-state index in [1.54, 1.807) is 24.3 Å². The Hall–Kier alpha value is -4.94. The van der Waals surface area contributed by atoms with Gasteiger partial charge < -0.3 is 15.7 Å². The van der Waals surface area contributed by atoms with Crippen LogP contribution in [0.2, 0.25) is 0 Å². The van der Waals surface area contributed by atoms with Crippen LogP contribution < -0.4 is 20.9 Å². The number of alkyl halides is 3. The smallest absolute Gasteiger partial charge is 0.416 e. The van der Waals surface area contributed by atoms with Gasteiger partial charge in [-0.15, -0.1) is 0 Å². The Labute approximate surface area is 239 Å². The van der Waals surface area contributed by atoms with E-state index in [4.69, 9.17) is 10.5 Å². The van der Waals surface area contributed by atoms with E-state index in [9.17, 15) is 31.9 Å². The predicted molar refractivity (Wildman–Crippen MR) is 149 cm³/mol. The predicted octanol–water partition coefficient (Wildman–Crippen LogP) is 6.36. The van der Waals surface area contributed by atoms with Crippen molar-refractivity contribution in [1.29, 1.82) is 5.41 Å². The molecule has 0 aliphatic carbocycles. The number of carbonyl (C=O) groups excluding carboxylic acids is 2. The maximum atomic E-state index is 14.0. The first-order chi connectivity index (χ1) is 19.5. The third-order valence-electron chi connectivity index (χ3n) is 6.01. The lowest BCUT2D eigenvalue weighted by molar-refractivity contribution is -0.137. The van der Waals surface area contributed by atoms with Gasteiger partial charge in [-0.2, -0.15) is 13.2 Å². The standard InChI is InChI=1S/C29H29F4N5O4/c1-28(2,3)19-8-10-23(11-9-19)38(26(40)36-22-13-20(29(31,32)33)12-21(30)14-22)16-17-4-6-18(7-5-17)25(39)35-15-24(34)37-27(41)42/h4-14H,15-16H2,1-3H3,(H2,34,37)(H,35,39)(H,36,40)(H,41,42). The lowest BCUT2D eigenvalue weighted by atomic mass is 9.87. The Morgan fingerprint density at radius 2 is 1.52 bits per heavy atom. The second kappa shape index (κ2) is 12.7. The fraction of sp³-hybridized carbons (Fsp3) is 0.241. The Morgan fingerprint density at radius 3 is 2.07 bits per heavy atom.